The van der Waals surface area contributed by atoms with Crippen molar-refractivity contribution >= 4 is 11.8 Å². The number of alkyl halides is 3. The van der Waals surface area contributed by atoms with Gasteiger partial charge in [-0.2, -0.15) is 4.98 Å². The van der Waals surface area contributed by atoms with Crippen LogP contribution < -0.4 is 26.0 Å². The third kappa shape index (κ3) is 12.7. The maximum Gasteiger partial charge on any atom is 0.573 e. The second-order valence-corrected chi connectivity index (χ2v) is 14.5. The molecule has 2 saturated carbocycles. The molecule has 4 atom stereocenters. The first-order valence-corrected chi connectivity index (χ1v) is 18.4. The molecule has 4 N–H and O–H groups in total. The molecule has 7 nitrogen and oxygen atoms in total. The molecule has 0 aliphatic heterocycles. The van der Waals surface area contributed by atoms with Crippen LogP contribution in [0.5, 0.6) is 5.75 Å². The zero-order valence-corrected chi connectivity index (χ0v) is 29.3. The summed E-state index contributed by atoms with van der Waals surface area (Å²) in [6.45, 7) is 10.8. The predicted molar refractivity (Wildman–Crippen MR) is 185 cm³/mol. The normalized spacial score (nSPS) is 24.0. The van der Waals surface area contributed by atoms with E-state index in [1.54, 1.807) is 6.07 Å². The molecule has 1 aromatic carbocycles. The minimum Gasteiger partial charge on any atom is -0.405 e. The van der Waals surface area contributed by atoms with E-state index < -0.39 is 12.2 Å². The van der Waals surface area contributed by atoms with Gasteiger partial charge < -0.3 is 26.0 Å². The van der Waals surface area contributed by atoms with Gasteiger partial charge in [-0.25, -0.2) is 9.37 Å². The number of anilines is 2. The van der Waals surface area contributed by atoms with Crippen LogP contribution in [0.1, 0.15) is 110 Å². The number of nitrogens with zero attached hydrogens (tertiary/aromatic N) is 2. The summed E-state index contributed by atoms with van der Waals surface area (Å²) in [5.41, 5.74) is 0.281. The van der Waals surface area contributed by atoms with E-state index in [0.29, 0.717) is 42.4 Å². The highest BCUT2D eigenvalue weighted by Crippen LogP contribution is 2.34. The van der Waals surface area contributed by atoms with Gasteiger partial charge in [0, 0.05) is 36.8 Å². The van der Waals surface area contributed by atoms with Crippen LogP contribution in [0.3, 0.4) is 0 Å². The van der Waals surface area contributed by atoms with E-state index >= 15 is 0 Å². The van der Waals surface area contributed by atoms with Crippen molar-refractivity contribution in [1.29, 1.82) is 0 Å². The maximum absolute atomic E-state index is 14.5. The summed E-state index contributed by atoms with van der Waals surface area (Å²) in [6.07, 6.45) is 11.3. The van der Waals surface area contributed by atoms with E-state index in [9.17, 15) is 17.6 Å². The Morgan fingerprint density at radius 2 is 1.67 bits per heavy atom. The molecule has 0 amide bonds. The van der Waals surface area contributed by atoms with E-state index in [1.807, 2.05) is 0 Å². The number of rotatable bonds is 18. The lowest BCUT2D eigenvalue weighted by molar-refractivity contribution is -0.274. The molecule has 4 rings (SSSR count). The van der Waals surface area contributed by atoms with Crippen molar-refractivity contribution in [2.45, 2.75) is 136 Å². The Morgan fingerprint density at radius 1 is 0.958 bits per heavy atom. The van der Waals surface area contributed by atoms with Gasteiger partial charge in [0.15, 0.2) is 11.6 Å². The van der Waals surface area contributed by atoms with E-state index in [1.165, 1.54) is 88.8 Å². The van der Waals surface area contributed by atoms with E-state index in [4.69, 9.17) is 0 Å². The fourth-order valence-corrected chi connectivity index (χ4v) is 7.77. The molecule has 11 heteroatoms. The highest BCUT2D eigenvalue weighted by atomic mass is 19.4. The number of nitrogens with one attached hydrogen (secondary N) is 4. The Kier molecular flexibility index (Phi) is 15.0. The second kappa shape index (κ2) is 18.9. The molecule has 2 aromatic rings. The van der Waals surface area contributed by atoms with Gasteiger partial charge in [0.05, 0.1) is 6.20 Å². The Balaban J connectivity index is 1.15. The summed E-state index contributed by atoms with van der Waals surface area (Å²) >= 11 is 0. The van der Waals surface area contributed by atoms with Crippen LogP contribution in [-0.2, 0) is 6.54 Å². The Labute approximate surface area is 285 Å². The number of halogens is 4. The summed E-state index contributed by atoms with van der Waals surface area (Å²) in [6, 6.07) is 7.81. The number of aromatic nitrogens is 2. The quantitative estimate of drug-likeness (QED) is 0.117. The SMILES string of the molecule is CCCC(CCC)NC1CCC(CN[C@@H]2CCC(C[C@H](C)CNc3nc(NCc4ccccc4OC(F)(F)F)ncc3F)C[C@H]2C)CC1. The fraction of sp³-hybridized carbons (Fsp3) is 0.730. The van der Waals surface area contributed by atoms with E-state index in [0.717, 1.165) is 25.1 Å². The van der Waals surface area contributed by atoms with Gasteiger partial charge in [-0.05, 0) is 100 Å². The molecule has 2 fully saturated rings. The summed E-state index contributed by atoms with van der Waals surface area (Å²) in [4.78, 5) is 8.20. The van der Waals surface area contributed by atoms with Crippen molar-refractivity contribution in [2.24, 2.45) is 23.7 Å². The van der Waals surface area contributed by atoms with Crippen LogP contribution in [0.4, 0.5) is 29.3 Å². The number of ether oxygens (including phenoxy) is 1. The Morgan fingerprint density at radius 3 is 2.35 bits per heavy atom. The zero-order valence-electron chi connectivity index (χ0n) is 29.3. The van der Waals surface area contributed by atoms with Crippen LogP contribution >= 0.6 is 0 Å². The minimum atomic E-state index is -4.80. The van der Waals surface area contributed by atoms with Gasteiger partial charge in [-0.15, -0.1) is 13.2 Å². The number of benzene rings is 1. The molecular formula is C37H58F4N6O. The molecule has 48 heavy (non-hydrogen) atoms. The van der Waals surface area contributed by atoms with Gasteiger partial charge in [0.1, 0.15) is 5.75 Å². The van der Waals surface area contributed by atoms with E-state index in [-0.39, 0.29) is 29.6 Å². The molecule has 1 unspecified atom stereocenters. The molecule has 1 aromatic heterocycles. The van der Waals surface area contributed by atoms with Gasteiger partial charge in [-0.1, -0.05) is 58.7 Å². The van der Waals surface area contributed by atoms with Gasteiger partial charge in [0.2, 0.25) is 5.95 Å². The summed E-state index contributed by atoms with van der Waals surface area (Å²) in [5.74, 6) is 1.69. The lowest BCUT2D eigenvalue weighted by Gasteiger charge is -2.38. The smallest absolute Gasteiger partial charge is 0.405 e. The molecule has 2 aliphatic rings. The summed E-state index contributed by atoms with van der Waals surface area (Å²) < 4.78 is 56.9. The first kappa shape index (κ1) is 38.1. The lowest BCUT2D eigenvalue weighted by atomic mass is 9.75. The zero-order chi connectivity index (χ0) is 34.5. The van der Waals surface area contributed by atoms with Gasteiger partial charge in [-0.3, -0.25) is 0 Å². The number of hydrogen-bond acceptors (Lipinski definition) is 7. The summed E-state index contributed by atoms with van der Waals surface area (Å²) in [7, 11) is 0. The second-order valence-electron chi connectivity index (χ2n) is 14.5. The predicted octanol–water partition coefficient (Wildman–Crippen LogP) is 9.08. The molecule has 0 spiro atoms. The Bertz CT molecular complexity index is 1220. The molecule has 270 valence electrons. The third-order valence-corrected chi connectivity index (χ3v) is 10.3. The minimum absolute atomic E-state index is 0.0132. The summed E-state index contributed by atoms with van der Waals surface area (Å²) in [5, 5.41) is 13.9. The van der Waals surface area contributed by atoms with Crippen molar-refractivity contribution in [3.8, 4) is 5.75 Å². The molecule has 2 aliphatic carbocycles. The van der Waals surface area contributed by atoms with Gasteiger partial charge >= 0.3 is 6.36 Å². The highest BCUT2D eigenvalue weighted by Gasteiger charge is 2.32. The van der Waals surface area contributed by atoms with Crippen molar-refractivity contribution < 1.29 is 22.3 Å². The van der Waals surface area contributed by atoms with E-state index in [2.05, 4.69) is 63.7 Å². The van der Waals surface area contributed by atoms with Crippen molar-refractivity contribution in [3.63, 3.8) is 0 Å². The van der Waals surface area contributed by atoms with Crippen LogP contribution in [0.25, 0.3) is 0 Å². The van der Waals surface area contributed by atoms with Crippen LogP contribution in [0.2, 0.25) is 0 Å². The lowest BCUT2D eigenvalue weighted by Crippen LogP contribution is -2.44. The topological polar surface area (TPSA) is 83.1 Å². The van der Waals surface area contributed by atoms with Crippen molar-refractivity contribution in [1.82, 2.24) is 20.6 Å². The Hall–Kier alpha value is -2.66. The average Bonchev–Trinajstić information content (AvgIpc) is 3.04. The first-order valence-electron chi connectivity index (χ1n) is 18.4. The molecule has 0 saturated heterocycles. The van der Waals surface area contributed by atoms with Crippen LogP contribution in [0, 0.1) is 29.5 Å². The number of hydrogen-bond donors (Lipinski definition) is 4. The van der Waals surface area contributed by atoms with Crippen LogP contribution in [0.15, 0.2) is 30.5 Å². The van der Waals surface area contributed by atoms with Crippen molar-refractivity contribution in [3.05, 3.63) is 41.8 Å². The maximum atomic E-state index is 14.5. The van der Waals surface area contributed by atoms with Crippen molar-refractivity contribution in [2.75, 3.05) is 23.7 Å². The average molecular weight is 679 g/mol. The number of para-hydroxylation sites is 1. The third-order valence-electron chi connectivity index (χ3n) is 10.3. The molecule has 0 radical (unpaired) electrons. The standard InChI is InChI=1S/C37H58F4N6O/c1-5-9-30(10-6-2)46-31-16-13-27(14-17-31)22-42-33-18-15-28(20-26(33)4)19-25(3)21-43-35-32(38)24-45-36(47-35)44-23-29-11-7-8-12-34(29)48-37(39,40)41/h7-8,11-12,24-28,30-31,33,42,46H,5-6,9-10,13-23H2,1-4H3,(H2,43,44,45,47)/t25-,26+,27?,28?,31?,33+/m0/s1. The molecule has 0 bridgehead atoms. The first-order chi connectivity index (χ1) is 23.0. The van der Waals surface area contributed by atoms with Crippen LogP contribution in [-0.4, -0.2) is 47.5 Å². The monoisotopic (exact) mass is 678 g/mol. The molecular weight excluding hydrogens is 620 g/mol. The highest BCUT2D eigenvalue weighted by molar-refractivity contribution is 5.42. The fourth-order valence-electron chi connectivity index (χ4n) is 7.77. The molecule has 1 heterocycles. The largest absolute Gasteiger partial charge is 0.573 e. The van der Waals surface area contributed by atoms with Gasteiger partial charge in [0.25, 0.3) is 0 Å².